The summed E-state index contributed by atoms with van der Waals surface area (Å²) >= 11 is 1.13. The number of fused-ring (bicyclic) bond motifs is 1. The van der Waals surface area contributed by atoms with Crippen LogP contribution in [0, 0.1) is 5.92 Å². The second-order valence-electron chi connectivity index (χ2n) is 8.30. The van der Waals surface area contributed by atoms with Gasteiger partial charge in [0.1, 0.15) is 4.21 Å². The number of nitrogens with one attached hydrogen (secondary N) is 2. The monoisotopic (exact) mass is 452 g/mol. The molecule has 160 valence electrons. The molecule has 1 heterocycles. The molecule has 1 amide bonds. The molecule has 0 saturated heterocycles. The molecule has 2 N–H and O–H groups in total. The van der Waals surface area contributed by atoms with Crippen molar-refractivity contribution in [2.75, 3.05) is 6.54 Å². The van der Waals surface area contributed by atoms with Gasteiger partial charge in [0.05, 0.1) is 6.04 Å². The summed E-state index contributed by atoms with van der Waals surface area (Å²) in [5.74, 6) is 0.563. The maximum atomic E-state index is 12.7. The van der Waals surface area contributed by atoms with Crippen LogP contribution in [0.2, 0.25) is 0 Å². The van der Waals surface area contributed by atoms with E-state index in [-0.39, 0.29) is 22.0 Å². The first-order valence-electron chi connectivity index (χ1n) is 10.5. The van der Waals surface area contributed by atoms with Gasteiger partial charge in [-0.25, -0.2) is 8.42 Å². The molecule has 2 atom stereocenters. The van der Waals surface area contributed by atoms with Gasteiger partial charge in [0.2, 0.25) is 5.91 Å². The summed E-state index contributed by atoms with van der Waals surface area (Å²) in [6.07, 6.45) is 0.980. The number of carbonyl (C=O) groups is 1. The zero-order chi connectivity index (χ0) is 21.6. The first kappa shape index (κ1) is 20.4. The van der Waals surface area contributed by atoms with Crippen LogP contribution in [0.1, 0.15) is 47.4 Å². The number of carbonyl (C=O) groups excluding carboxylic acids is 1. The Labute approximate surface area is 186 Å². The van der Waals surface area contributed by atoms with E-state index in [1.807, 2.05) is 0 Å². The lowest BCUT2D eigenvalue weighted by atomic mass is 9.59. The summed E-state index contributed by atoms with van der Waals surface area (Å²) in [7, 11) is -3.69. The molecule has 3 aromatic rings. The molecule has 2 bridgehead atoms. The zero-order valence-electron chi connectivity index (χ0n) is 17.1. The summed E-state index contributed by atoms with van der Waals surface area (Å²) in [5, 5.41) is 4.71. The maximum absolute atomic E-state index is 12.7. The van der Waals surface area contributed by atoms with Crippen molar-refractivity contribution in [3.8, 4) is 0 Å². The highest BCUT2D eigenvalue weighted by atomic mass is 32.2. The maximum Gasteiger partial charge on any atom is 0.250 e. The van der Waals surface area contributed by atoms with Crippen molar-refractivity contribution in [3.05, 3.63) is 88.3 Å². The number of hydrogen-bond donors (Lipinski definition) is 2. The summed E-state index contributed by atoms with van der Waals surface area (Å²) in [4.78, 5) is 12.7. The van der Waals surface area contributed by atoms with E-state index in [9.17, 15) is 13.2 Å². The Balaban J connectivity index is 1.31. The smallest absolute Gasteiger partial charge is 0.250 e. The average molecular weight is 453 g/mol. The minimum atomic E-state index is -3.69. The quantitative estimate of drug-likeness (QED) is 0.597. The molecule has 3 aliphatic carbocycles. The van der Waals surface area contributed by atoms with E-state index in [0.717, 1.165) is 17.8 Å². The molecule has 1 aromatic heterocycles. The Hall–Kier alpha value is -2.48. The Morgan fingerprint density at radius 1 is 1.00 bits per heavy atom. The van der Waals surface area contributed by atoms with Gasteiger partial charge in [0, 0.05) is 18.4 Å². The van der Waals surface area contributed by atoms with Crippen LogP contribution in [-0.2, 0) is 14.8 Å². The highest BCUT2D eigenvalue weighted by Crippen LogP contribution is 2.55. The molecule has 7 heteroatoms. The number of rotatable bonds is 6. The van der Waals surface area contributed by atoms with E-state index >= 15 is 0 Å². The average Bonchev–Trinajstić information content (AvgIpc) is 3.33. The van der Waals surface area contributed by atoms with E-state index in [1.165, 1.54) is 28.3 Å². The van der Waals surface area contributed by atoms with Crippen LogP contribution in [0.5, 0.6) is 0 Å². The van der Waals surface area contributed by atoms with Crippen LogP contribution in [0.15, 0.2) is 70.3 Å². The fraction of sp³-hybridized carbons (Fsp3) is 0.292. The second kappa shape index (κ2) is 7.89. The summed E-state index contributed by atoms with van der Waals surface area (Å²) in [6.45, 7) is 2.10. The van der Waals surface area contributed by atoms with Crippen molar-refractivity contribution < 1.29 is 13.2 Å². The van der Waals surface area contributed by atoms with E-state index in [1.54, 1.807) is 18.4 Å². The third-order valence-electron chi connectivity index (χ3n) is 6.45. The van der Waals surface area contributed by atoms with Crippen molar-refractivity contribution in [1.82, 2.24) is 10.0 Å². The largest absolute Gasteiger partial charge is 0.354 e. The van der Waals surface area contributed by atoms with E-state index in [0.29, 0.717) is 12.5 Å². The fourth-order valence-corrected chi connectivity index (χ4v) is 7.32. The SMILES string of the molecule is CC(NS(=O)(=O)c1cccs1)C(=O)NCC1CC2c3ccccc3C1c1ccccc12. The van der Waals surface area contributed by atoms with Gasteiger partial charge in [-0.1, -0.05) is 54.6 Å². The van der Waals surface area contributed by atoms with E-state index in [2.05, 4.69) is 58.6 Å². The number of benzene rings is 2. The van der Waals surface area contributed by atoms with Gasteiger partial charge in [0.15, 0.2) is 0 Å². The van der Waals surface area contributed by atoms with E-state index in [4.69, 9.17) is 0 Å². The first-order valence-corrected chi connectivity index (χ1v) is 12.8. The van der Waals surface area contributed by atoms with Crippen LogP contribution in [0.3, 0.4) is 0 Å². The summed E-state index contributed by atoms with van der Waals surface area (Å²) < 4.78 is 27.5. The van der Waals surface area contributed by atoms with Crippen molar-refractivity contribution in [3.63, 3.8) is 0 Å². The van der Waals surface area contributed by atoms with Gasteiger partial charge in [-0.05, 0) is 53.0 Å². The molecule has 3 aliphatic rings. The molecule has 2 unspecified atom stereocenters. The van der Waals surface area contributed by atoms with Crippen molar-refractivity contribution in [2.24, 2.45) is 5.92 Å². The lowest BCUT2D eigenvalue weighted by Gasteiger charge is -2.45. The lowest BCUT2D eigenvalue weighted by molar-refractivity contribution is -0.122. The molecule has 0 saturated carbocycles. The Morgan fingerprint density at radius 2 is 1.61 bits per heavy atom. The van der Waals surface area contributed by atoms with Crippen LogP contribution in [0.25, 0.3) is 0 Å². The van der Waals surface area contributed by atoms with Crippen LogP contribution >= 0.6 is 11.3 Å². The highest BCUT2D eigenvalue weighted by molar-refractivity contribution is 7.91. The molecule has 6 rings (SSSR count). The zero-order valence-corrected chi connectivity index (χ0v) is 18.7. The predicted octanol–water partition coefficient (Wildman–Crippen LogP) is 3.83. The Morgan fingerprint density at radius 3 is 2.19 bits per heavy atom. The number of sulfonamides is 1. The van der Waals surface area contributed by atoms with Crippen LogP contribution < -0.4 is 10.0 Å². The summed E-state index contributed by atoms with van der Waals surface area (Å²) in [5.41, 5.74) is 5.49. The molecule has 0 aliphatic heterocycles. The first-order chi connectivity index (χ1) is 15.0. The molecule has 31 heavy (non-hydrogen) atoms. The van der Waals surface area contributed by atoms with E-state index < -0.39 is 16.1 Å². The minimum absolute atomic E-state index is 0.213. The number of hydrogen-bond acceptors (Lipinski definition) is 4. The lowest BCUT2D eigenvalue weighted by Crippen LogP contribution is -2.47. The van der Waals surface area contributed by atoms with Crippen LogP contribution in [-0.4, -0.2) is 26.9 Å². The third kappa shape index (κ3) is 3.60. The van der Waals surface area contributed by atoms with Gasteiger partial charge >= 0.3 is 0 Å². The van der Waals surface area contributed by atoms with Gasteiger partial charge in [-0.3, -0.25) is 4.79 Å². The predicted molar refractivity (Wildman–Crippen MR) is 122 cm³/mol. The molecule has 0 spiro atoms. The van der Waals surface area contributed by atoms with Gasteiger partial charge in [-0.2, -0.15) is 4.72 Å². The minimum Gasteiger partial charge on any atom is -0.354 e. The molecule has 2 aromatic carbocycles. The van der Waals surface area contributed by atoms with Crippen molar-refractivity contribution in [1.29, 1.82) is 0 Å². The van der Waals surface area contributed by atoms with Gasteiger partial charge < -0.3 is 5.32 Å². The molecule has 5 nitrogen and oxygen atoms in total. The summed E-state index contributed by atoms with van der Waals surface area (Å²) in [6, 6.07) is 19.6. The highest BCUT2D eigenvalue weighted by Gasteiger charge is 2.43. The fourth-order valence-electron chi connectivity index (χ4n) is 5.11. The Kier molecular flexibility index (Phi) is 5.20. The second-order valence-corrected chi connectivity index (χ2v) is 11.2. The molecule has 0 radical (unpaired) electrons. The molecular formula is C24H24N2O3S2. The molecule has 0 fully saturated rings. The van der Waals surface area contributed by atoms with Gasteiger partial charge in [-0.15, -0.1) is 11.3 Å². The van der Waals surface area contributed by atoms with Crippen molar-refractivity contribution in [2.45, 2.75) is 35.4 Å². The normalized spacial score (nSPS) is 22.4. The Bertz CT molecular complexity index is 1170. The van der Waals surface area contributed by atoms with Gasteiger partial charge in [0.25, 0.3) is 10.0 Å². The number of thiophene rings is 1. The van der Waals surface area contributed by atoms with Crippen LogP contribution in [0.4, 0.5) is 0 Å². The van der Waals surface area contributed by atoms with Crippen molar-refractivity contribution >= 4 is 27.3 Å². The third-order valence-corrected chi connectivity index (χ3v) is 9.38. The topological polar surface area (TPSA) is 75.3 Å². The standard InChI is InChI=1S/C24H24N2O3S2/c1-15(26-31(28,29)22-11-6-12-30-22)24(27)25-14-16-13-21-17-7-2-4-9-19(17)23(16)20-10-5-3-8-18(20)21/h2-12,15-16,21,23,26H,13-14H2,1H3,(H,25,27). The number of amides is 1. The molecular weight excluding hydrogens is 428 g/mol.